The number of rotatable bonds is 7. The molecule has 0 atom stereocenters. The second-order valence-corrected chi connectivity index (χ2v) is 9.59. The average Bonchev–Trinajstić information content (AvgIpc) is 2.88. The van der Waals surface area contributed by atoms with Crippen molar-refractivity contribution in [1.82, 2.24) is 5.32 Å². The van der Waals surface area contributed by atoms with Gasteiger partial charge in [-0.1, -0.05) is 24.3 Å². The lowest BCUT2D eigenvalue weighted by Crippen LogP contribution is -2.54. The number of benzene rings is 3. The van der Waals surface area contributed by atoms with Crippen molar-refractivity contribution >= 4 is 57.9 Å². The average molecular weight is 627 g/mol. The Morgan fingerprint density at radius 2 is 1.82 bits per heavy atom. The molecule has 10 nitrogen and oxygen atoms in total. The Kier molecular flexibility index (Phi) is 7.76. The van der Waals surface area contributed by atoms with E-state index < -0.39 is 22.8 Å². The van der Waals surface area contributed by atoms with Crippen LogP contribution in [-0.4, -0.2) is 29.9 Å². The van der Waals surface area contributed by atoms with Crippen LogP contribution in [0.5, 0.6) is 11.5 Å². The lowest BCUT2D eigenvalue weighted by atomic mass is 10.0. The lowest BCUT2D eigenvalue weighted by molar-refractivity contribution is -0.384. The first-order valence-corrected chi connectivity index (χ1v) is 12.4. The van der Waals surface area contributed by atoms with E-state index in [2.05, 4.69) is 5.32 Å². The van der Waals surface area contributed by atoms with Crippen LogP contribution in [0.15, 0.2) is 60.2 Å². The Hall–Kier alpha value is -4.26. The topological polar surface area (TPSA) is 128 Å². The Morgan fingerprint density at radius 1 is 1.08 bits per heavy atom. The third-order valence-electron chi connectivity index (χ3n) is 5.99. The zero-order valence-corrected chi connectivity index (χ0v) is 22.8. The number of non-ortho nitro benzene ring substituents is 1. The predicted octanol–water partition coefficient (Wildman–Crippen LogP) is 5.07. The van der Waals surface area contributed by atoms with Gasteiger partial charge < -0.3 is 9.47 Å². The van der Waals surface area contributed by atoms with Gasteiger partial charge in [-0.25, -0.2) is 9.69 Å². The Morgan fingerprint density at radius 3 is 2.53 bits per heavy atom. The quantitative estimate of drug-likeness (QED) is 0.127. The number of barbiturate groups is 1. The van der Waals surface area contributed by atoms with Gasteiger partial charge >= 0.3 is 6.03 Å². The first-order valence-electron chi connectivity index (χ1n) is 11.3. The third-order valence-corrected chi connectivity index (χ3v) is 6.79. The van der Waals surface area contributed by atoms with Crippen molar-refractivity contribution < 1.29 is 28.8 Å². The van der Waals surface area contributed by atoms with Crippen molar-refractivity contribution in [3.63, 3.8) is 0 Å². The molecule has 4 amide bonds. The van der Waals surface area contributed by atoms with Gasteiger partial charge in [0.1, 0.15) is 12.2 Å². The summed E-state index contributed by atoms with van der Waals surface area (Å²) in [7, 11) is 1.45. The smallest absolute Gasteiger partial charge is 0.335 e. The Balaban J connectivity index is 1.65. The van der Waals surface area contributed by atoms with Crippen LogP contribution in [0.4, 0.5) is 16.2 Å². The maximum atomic E-state index is 13.3. The van der Waals surface area contributed by atoms with Crippen LogP contribution in [0, 0.1) is 27.5 Å². The molecule has 0 saturated carbocycles. The summed E-state index contributed by atoms with van der Waals surface area (Å²) in [4.78, 5) is 50.1. The molecular formula is C27H22IN3O7. The number of nitrogens with one attached hydrogen (secondary N) is 1. The molecule has 1 saturated heterocycles. The van der Waals surface area contributed by atoms with Crippen molar-refractivity contribution in [1.29, 1.82) is 0 Å². The molecule has 1 aliphatic heterocycles. The van der Waals surface area contributed by atoms with E-state index in [1.807, 2.05) is 35.6 Å². The molecule has 0 unspecified atom stereocenters. The van der Waals surface area contributed by atoms with Crippen LogP contribution in [-0.2, 0) is 16.2 Å². The highest BCUT2D eigenvalue weighted by Crippen LogP contribution is 2.36. The van der Waals surface area contributed by atoms with Crippen LogP contribution in [0.25, 0.3) is 6.08 Å². The molecule has 38 heavy (non-hydrogen) atoms. The number of ether oxygens (including phenoxy) is 2. The maximum Gasteiger partial charge on any atom is 0.335 e. The fourth-order valence-electron chi connectivity index (χ4n) is 3.90. The molecule has 0 aromatic heterocycles. The van der Waals surface area contributed by atoms with E-state index in [-0.39, 0.29) is 17.9 Å². The molecule has 0 spiro atoms. The number of imide groups is 2. The molecule has 4 rings (SSSR count). The molecule has 11 heteroatoms. The van der Waals surface area contributed by atoms with Crippen molar-refractivity contribution in [3.8, 4) is 11.5 Å². The van der Waals surface area contributed by atoms with Crippen LogP contribution in [0.1, 0.15) is 22.3 Å². The molecular weight excluding hydrogens is 605 g/mol. The van der Waals surface area contributed by atoms with E-state index in [0.717, 1.165) is 16.0 Å². The normalized spacial score (nSPS) is 14.5. The van der Waals surface area contributed by atoms with Gasteiger partial charge in [0.25, 0.3) is 17.5 Å². The number of aryl methyl sites for hydroxylation is 1. The number of nitro benzene ring substituents is 1. The van der Waals surface area contributed by atoms with Gasteiger partial charge in [0.05, 0.1) is 21.3 Å². The van der Waals surface area contributed by atoms with Crippen LogP contribution in [0.2, 0.25) is 0 Å². The lowest BCUT2D eigenvalue weighted by Gasteiger charge is -2.28. The van der Waals surface area contributed by atoms with Gasteiger partial charge in [-0.15, -0.1) is 0 Å². The SMILES string of the molecule is COc1cc(/C=C2\C(=O)NC(=O)N(c3cccc(C)c3C)C2=O)cc(I)c1OCc1cccc([N+](=O)[O-])c1. The second-order valence-electron chi connectivity index (χ2n) is 8.43. The second kappa shape index (κ2) is 11.0. The fraction of sp³-hybridized carbons (Fsp3) is 0.148. The molecule has 3 aromatic rings. The Bertz CT molecular complexity index is 1520. The number of carbonyl (C=O) groups is 3. The van der Waals surface area contributed by atoms with Gasteiger partial charge in [0.15, 0.2) is 11.5 Å². The summed E-state index contributed by atoms with van der Waals surface area (Å²) in [6.07, 6.45) is 1.39. The number of nitrogens with zero attached hydrogens (tertiary/aromatic N) is 2. The summed E-state index contributed by atoms with van der Waals surface area (Å²) >= 11 is 2.03. The molecule has 0 radical (unpaired) electrons. The van der Waals surface area contributed by atoms with E-state index >= 15 is 0 Å². The van der Waals surface area contributed by atoms with Crippen molar-refractivity contribution in [2.45, 2.75) is 20.5 Å². The molecule has 3 aromatic carbocycles. The zero-order valence-electron chi connectivity index (χ0n) is 20.6. The highest BCUT2D eigenvalue weighted by molar-refractivity contribution is 14.1. The number of hydrogen-bond donors (Lipinski definition) is 1. The fourth-order valence-corrected chi connectivity index (χ4v) is 4.68. The largest absolute Gasteiger partial charge is 0.493 e. The summed E-state index contributed by atoms with van der Waals surface area (Å²) in [5.74, 6) is -0.817. The van der Waals surface area contributed by atoms with E-state index in [1.54, 1.807) is 43.3 Å². The molecule has 0 bridgehead atoms. The monoisotopic (exact) mass is 627 g/mol. The van der Waals surface area contributed by atoms with Crippen LogP contribution in [0.3, 0.4) is 0 Å². The molecule has 194 valence electrons. The van der Waals surface area contributed by atoms with E-state index in [1.165, 1.54) is 25.3 Å². The molecule has 1 N–H and O–H groups in total. The van der Waals surface area contributed by atoms with Crippen molar-refractivity contribution in [2.24, 2.45) is 0 Å². The van der Waals surface area contributed by atoms with Gasteiger partial charge in [0.2, 0.25) is 0 Å². The standard InChI is InChI=1S/C27H22IN3O7/c1-15-6-4-9-22(16(15)2)30-26(33)20(25(32)29-27(30)34)11-18-12-21(28)24(23(13-18)37-3)38-14-17-7-5-8-19(10-17)31(35)36/h4-13H,14H2,1-3H3,(H,29,32,34)/b20-11+. The Labute approximate surface area is 231 Å². The third kappa shape index (κ3) is 5.37. The predicted molar refractivity (Wildman–Crippen MR) is 148 cm³/mol. The number of nitro groups is 1. The van der Waals surface area contributed by atoms with Crippen molar-refractivity contribution in [2.75, 3.05) is 12.0 Å². The van der Waals surface area contributed by atoms with E-state index in [9.17, 15) is 24.5 Å². The number of halogens is 1. The minimum Gasteiger partial charge on any atom is -0.493 e. The molecule has 1 aliphatic rings. The number of urea groups is 1. The maximum absolute atomic E-state index is 13.3. The summed E-state index contributed by atoms with van der Waals surface area (Å²) in [5.41, 5.74) is 2.85. The van der Waals surface area contributed by atoms with E-state index in [0.29, 0.717) is 31.9 Å². The number of hydrogen-bond acceptors (Lipinski definition) is 7. The summed E-state index contributed by atoms with van der Waals surface area (Å²) in [6.45, 7) is 3.72. The number of amides is 4. The molecule has 0 aliphatic carbocycles. The first-order chi connectivity index (χ1) is 18.1. The van der Waals surface area contributed by atoms with E-state index in [4.69, 9.17) is 9.47 Å². The minimum atomic E-state index is -0.817. The zero-order chi connectivity index (χ0) is 27.6. The molecule has 1 fully saturated rings. The van der Waals surface area contributed by atoms with Crippen molar-refractivity contribution in [3.05, 3.63) is 96.1 Å². The van der Waals surface area contributed by atoms with Crippen LogP contribution >= 0.6 is 22.6 Å². The first kappa shape index (κ1) is 26.8. The van der Waals surface area contributed by atoms with Gasteiger partial charge in [-0.05, 0) is 83.0 Å². The van der Waals surface area contributed by atoms with Gasteiger partial charge in [-0.2, -0.15) is 0 Å². The number of carbonyl (C=O) groups excluding carboxylic acids is 3. The summed E-state index contributed by atoms with van der Waals surface area (Å²) in [6, 6.07) is 13.8. The summed E-state index contributed by atoms with van der Waals surface area (Å²) < 4.78 is 12.0. The number of methoxy groups -OCH3 is 1. The van der Waals surface area contributed by atoms with Gasteiger partial charge in [-0.3, -0.25) is 25.0 Å². The minimum absolute atomic E-state index is 0.0430. The summed E-state index contributed by atoms with van der Waals surface area (Å²) in [5, 5.41) is 13.3. The highest BCUT2D eigenvalue weighted by atomic mass is 127. The number of anilines is 1. The molecule has 1 heterocycles. The highest BCUT2D eigenvalue weighted by Gasteiger charge is 2.37. The van der Waals surface area contributed by atoms with Crippen LogP contribution < -0.4 is 19.7 Å². The van der Waals surface area contributed by atoms with Gasteiger partial charge in [0, 0.05) is 12.1 Å².